The first kappa shape index (κ1) is 14.3. The van der Waals surface area contributed by atoms with Gasteiger partial charge in [0.25, 0.3) is 0 Å². The molecule has 118 valence electrons. The fourth-order valence-corrected chi connectivity index (χ4v) is 3.23. The molecule has 0 radical (unpaired) electrons. The monoisotopic (exact) mass is 329 g/mol. The van der Waals surface area contributed by atoms with Gasteiger partial charge in [0.1, 0.15) is 0 Å². The van der Waals surface area contributed by atoms with E-state index in [1.54, 1.807) is 4.57 Å². The number of H-pyrrole nitrogens is 1. The van der Waals surface area contributed by atoms with Crippen LogP contribution in [0.1, 0.15) is 30.3 Å². The molecular formula is C15H15N5O2S. The summed E-state index contributed by atoms with van der Waals surface area (Å²) in [7, 11) is 0. The van der Waals surface area contributed by atoms with Gasteiger partial charge >= 0.3 is 5.69 Å². The minimum Gasteiger partial charge on any atom is -0.420 e. The molecule has 1 aliphatic rings. The third-order valence-corrected chi connectivity index (χ3v) is 4.58. The van der Waals surface area contributed by atoms with Crippen molar-refractivity contribution in [1.82, 2.24) is 25.0 Å². The fraction of sp³-hybridized carbons (Fsp3) is 0.333. The number of aromatic amines is 1. The van der Waals surface area contributed by atoms with Crippen molar-refractivity contribution in [3.63, 3.8) is 0 Å². The molecule has 1 N–H and O–H groups in total. The van der Waals surface area contributed by atoms with E-state index in [0.29, 0.717) is 22.7 Å². The lowest BCUT2D eigenvalue weighted by Gasteiger charge is -2.00. The van der Waals surface area contributed by atoms with Crippen molar-refractivity contribution in [2.75, 3.05) is 0 Å². The van der Waals surface area contributed by atoms with Crippen LogP contribution in [-0.2, 0) is 5.75 Å². The largest absolute Gasteiger partial charge is 0.420 e. The molecule has 0 atom stereocenters. The number of rotatable bonds is 5. The highest BCUT2D eigenvalue weighted by Crippen LogP contribution is 2.36. The Bertz CT molecular complexity index is 893. The van der Waals surface area contributed by atoms with Gasteiger partial charge in [-0.05, 0) is 31.9 Å². The third kappa shape index (κ3) is 2.94. The van der Waals surface area contributed by atoms with Crippen LogP contribution in [0.25, 0.3) is 11.5 Å². The van der Waals surface area contributed by atoms with Gasteiger partial charge in [-0.3, -0.25) is 4.57 Å². The van der Waals surface area contributed by atoms with E-state index in [0.717, 1.165) is 24.0 Å². The Morgan fingerprint density at radius 1 is 1.39 bits per heavy atom. The average Bonchev–Trinajstić information content (AvgIpc) is 3.14. The van der Waals surface area contributed by atoms with Crippen molar-refractivity contribution in [3.05, 3.63) is 46.2 Å². The number of nitrogens with one attached hydrogen (secondary N) is 1. The number of hydrogen-bond donors (Lipinski definition) is 1. The predicted octanol–water partition coefficient (Wildman–Crippen LogP) is 2.56. The first-order chi connectivity index (χ1) is 11.2. The van der Waals surface area contributed by atoms with Gasteiger partial charge in [-0.2, -0.15) is 0 Å². The Kier molecular flexibility index (Phi) is 3.53. The second kappa shape index (κ2) is 5.69. The minimum absolute atomic E-state index is 0.152. The SMILES string of the molecule is Cc1cccc(-c2nnc(CSc3n[nH]c(=O)n3C3CC3)o2)c1. The molecule has 1 aliphatic carbocycles. The molecule has 1 aromatic carbocycles. The zero-order valence-corrected chi connectivity index (χ0v) is 13.3. The summed E-state index contributed by atoms with van der Waals surface area (Å²) in [5.74, 6) is 1.51. The van der Waals surface area contributed by atoms with Crippen molar-refractivity contribution in [3.8, 4) is 11.5 Å². The second-order valence-corrected chi connectivity index (χ2v) is 6.51. The molecule has 23 heavy (non-hydrogen) atoms. The van der Waals surface area contributed by atoms with E-state index in [2.05, 4.69) is 20.4 Å². The summed E-state index contributed by atoms with van der Waals surface area (Å²) in [5.41, 5.74) is 1.89. The van der Waals surface area contributed by atoms with Crippen molar-refractivity contribution in [2.45, 2.75) is 36.7 Å². The highest BCUT2D eigenvalue weighted by atomic mass is 32.2. The topological polar surface area (TPSA) is 89.6 Å². The van der Waals surface area contributed by atoms with Gasteiger partial charge in [0.05, 0.1) is 5.75 Å². The molecule has 0 amide bonds. The number of hydrogen-bond acceptors (Lipinski definition) is 6. The number of thioether (sulfide) groups is 1. The molecule has 4 rings (SSSR count). The molecule has 8 heteroatoms. The van der Waals surface area contributed by atoms with E-state index < -0.39 is 0 Å². The lowest BCUT2D eigenvalue weighted by Crippen LogP contribution is -2.16. The smallest absolute Gasteiger partial charge is 0.344 e. The van der Waals surface area contributed by atoms with Crippen LogP contribution in [0.15, 0.2) is 38.6 Å². The van der Waals surface area contributed by atoms with Crippen LogP contribution in [-0.4, -0.2) is 25.0 Å². The minimum atomic E-state index is -0.152. The number of nitrogens with zero attached hydrogens (tertiary/aromatic N) is 4. The summed E-state index contributed by atoms with van der Waals surface area (Å²) in [6, 6.07) is 8.21. The molecule has 0 saturated heterocycles. The number of aryl methyl sites for hydroxylation is 1. The van der Waals surface area contributed by atoms with Crippen LogP contribution >= 0.6 is 11.8 Å². The zero-order chi connectivity index (χ0) is 15.8. The zero-order valence-electron chi connectivity index (χ0n) is 12.5. The normalized spacial score (nSPS) is 14.3. The van der Waals surface area contributed by atoms with E-state index in [1.807, 2.05) is 31.2 Å². The summed E-state index contributed by atoms with van der Waals surface area (Å²) >= 11 is 1.43. The van der Waals surface area contributed by atoms with Crippen LogP contribution in [0.3, 0.4) is 0 Å². The lowest BCUT2D eigenvalue weighted by atomic mass is 10.1. The van der Waals surface area contributed by atoms with Gasteiger partial charge in [0.15, 0.2) is 5.16 Å². The van der Waals surface area contributed by atoms with E-state index in [1.165, 1.54) is 11.8 Å². The predicted molar refractivity (Wildman–Crippen MR) is 85.2 cm³/mol. The molecular weight excluding hydrogens is 314 g/mol. The first-order valence-electron chi connectivity index (χ1n) is 7.40. The first-order valence-corrected chi connectivity index (χ1v) is 8.38. The Morgan fingerprint density at radius 3 is 3.04 bits per heavy atom. The van der Waals surface area contributed by atoms with Crippen LogP contribution in [0.2, 0.25) is 0 Å². The summed E-state index contributed by atoms with van der Waals surface area (Å²) in [5, 5.41) is 15.4. The van der Waals surface area contributed by atoms with Gasteiger partial charge in [-0.15, -0.1) is 15.3 Å². The summed E-state index contributed by atoms with van der Waals surface area (Å²) in [4.78, 5) is 11.7. The Labute approximate surface area is 136 Å². The van der Waals surface area contributed by atoms with E-state index in [-0.39, 0.29) is 11.7 Å². The van der Waals surface area contributed by atoms with Crippen LogP contribution in [0.5, 0.6) is 0 Å². The van der Waals surface area contributed by atoms with Crippen LogP contribution < -0.4 is 5.69 Å². The molecule has 0 unspecified atom stereocenters. The maximum atomic E-state index is 11.7. The fourth-order valence-electron chi connectivity index (χ4n) is 2.38. The average molecular weight is 329 g/mol. The molecule has 2 heterocycles. The molecule has 0 spiro atoms. The molecule has 3 aromatic rings. The second-order valence-electron chi connectivity index (χ2n) is 5.57. The maximum Gasteiger partial charge on any atom is 0.344 e. The van der Waals surface area contributed by atoms with Crippen LogP contribution in [0.4, 0.5) is 0 Å². The maximum absolute atomic E-state index is 11.7. The van der Waals surface area contributed by atoms with Gasteiger partial charge < -0.3 is 4.42 Å². The Hall–Kier alpha value is -2.35. The standard InChI is InChI=1S/C15H15N5O2S/c1-9-3-2-4-10(7-9)13-17-16-12(22-13)8-23-15-19-18-14(21)20(15)11-5-6-11/h2-4,7,11H,5-6,8H2,1H3,(H,18,21). The van der Waals surface area contributed by atoms with E-state index >= 15 is 0 Å². The van der Waals surface area contributed by atoms with Crippen molar-refractivity contribution < 1.29 is 4.42 Å². The van der Waals surface area contributed by atoms with Gasteiger partial charge in [0.2, 0.25) is 11.8 Å². The Balaban J connectivity index is 1.49. The summed E-state index contributed by atoms with van der Waals surface area (Å²) in [6.45, 7) is 2.02. The Morgan fingerprint density at radius 2 is 2.26 bits per heavy atom. The highest BCUT2D eigenvalue weighted by molar-refractivity contribution is 7.98. The summed E-state index contributed by atoms with van der Waals surface area (Å²) in [6.07, 6.45) is 2.07. The number of benzene rings is 1. The van der Waals surface area contributed by atoms with Gasteiger partial charge in [-0.25, -0.2) is 9.89 Å². The van der Waals surface area contributed by atoms with Crippen molar-refractivity contribution >= 4 is 11.8 Å². The van der Waals surface area contributed by atoms with E-state index in [4.69, 9.17) is 4.42 Å². The number of aromatic nitrogens is 5. The van der Waals surface area contributed by atoms with Gasteiger partial charge in [-0.1, -0.05) is 29.5 Å². The van der Waals surface area contributed by atoms with Crippen LogP contribution in [0, 0.1) is 6.92 Å². The quantitative estimate of drug-likeness (QED) is 0.724. The third-order valence-electron chi connectivity index (χ3n) is 3.64. The molecule has 7 nitrogen and oxygen atoms in total. The molecule has 1 saturated carbocycles. The molecule has 2 aromatic heterocycles. The summed E-state index contributed by atoms with van der Waals surface area (Å²) < 4.78 is 7.41. The van der Waals surface area contributed by atoms with Crippen molar-refractivity contribution in [2.24, 2.45) is 0 Å². The van der Waals surface area contributed by atoms with Gasteiger partial charge in [0, 0.05) is 11.6 Å². The lowest BCUT2D eigenvalue weighted by molar-refractivity contribution is 0.528. The molecule has 0 aliphatic heterocycles. The van der Waals surface area contributed by atoms with E-state index in [9.17, 15) is 4.79 Å². The van der Waals surface area contributed by atoms with Crippen molar-refractivity contribution in [1.29, 1.82) is 0 Å². The molecule has 1 fully saturated rings. The highest BCUT2D eigenvalue weighted by Gasteiger charge is 2.28. The molecule has 0 bridgehead atoms.